The number of hydrogen-bond donors (Lipinski definition) is 0. The molecule has 26 aromatic carbocycles. The van der Waals surface area contributed by atoms with Crippen LogP contribution in [-0.4, -0.2) is 0 Å². The molecule has 656 valence electrons. The molecule has 2 nitrogen and oxygen atoms in total. The fraction of sp³-hybridized carbons (Fsp3) is 0. The van der Waals surface area contributed by atoms with Crippen LogP contribution in [0.25, 0.3) is 283 Å². The Morgan fingerprint density at radius 1 is 0.113 bits per heavy atom. The van der Waals surface area contributed by atoms with Gasteiger partial charge in [0.1, 0.15) is 22.3 Å². The minimum Gasteiger partial charge on any atom is -0.455 e. The summed E-state index contributed by atoms with van der Waals surface area (Å²) in [5.74, 6) is 0. The molecule has 3 aromatic heterocycles. The van der Waals surface area contributed by atoms with Crippen molar-refractivity contribution in [3.8, 4) is 122 Å². The molecule has 0 aliphatic carbocycles. The number of rotatable bonds is 11. The van der Waals surface area contributed by atoms with Crippen LogP contribution in [-0.2, 0) is 0 Å². The van der Waals surface area contributed by atoms with Gasteiger partial charge in [0.15, 0.2) is 0 Å². The zero-order chi connectivity index (χ0) is 93.0. The van der Waals surface area contributed by atoms with E-state index in [-0.39, 0.29) is 0 Å². The number of hydrogen-bond acceptors (Lipinski definition) is 3. The average molecular weight is 1810 g/mol. The van der Waals surface area contributed by atoms with Gasteiger partial charge in [-0.05, 0) is 305 Å². The molecule has 29 rings (SSSR count). The maximum absolute atomic E-state index is 6.52. The molecular formula is C138H86O2S. The van der Waals surface area contributed by atoms with Crippen molar-refractivity contribution in [3.63, 3.8) is 0 Å². The predicted molar refractivity (Wildman–Crippen MR) is 604 cm³/mol. The van der Waals surface area contributed by atoms with Crippen molar-refractivity contribution >= 4 is 172 Å². The lowest BCUT2D eigenvalue weighted by Gasteiger charge is -2.15. The van der Waals surface area contributed by atoms with Crippen molar-refractivity contribution in [3.05, 3.63) is 522 Å². The van der Waals surface area contributed by atoms with Gasteiger partial charge in [-0.2, -0.15) is 0 Å². The molecule has 0 unspecified atom stereocenters. The van der Waals surface area contributed by atoms with Crippen LogP contribution in [0.15, 0.2) is 531 Å². The van der Waals surface area contributed by atoms with E-state index in [2.05, 4.69) is 504 Å². The molecule has 0 aliphatic heterocycles. The molecule has 0 bridgehead atoms. The Bertz CT molecular complexity index is 9650. The fourth-order valence-electron chi connectivity index (χ4n) is 22.1. The van der Waals surface area contributed by atoms with Crippen LogP contribution in [0.1, 0.15) is 0 Å². The Balaban J connectivity index is 0.000000106. The predicted octanol–water partition coefficient (Wildman–Crippen LogP) is 39.9. The molecule has 0 amide bonds. The van der Waals surface area contributed by atoms with Crippen LogP contribution in [0.5, 0.6) is 0 Å². The summed E-state index contributed by atoms with van der Waals surface area (Å²) in [6.07, 6.45) is 0. The van der Waals surface area contributed by atoms with Crippen molar-refractivity contribution < 1.29 is 8.83 Å². The van der Waals surface area contributed by atoms with E-state index in [0.717, 1.165) is 66.1 Å². The van der Waals surface area contributed by atoms with Gasteiger partial charge in [-0.15, -0.1) is 11.3 Å². The molecule has 29 aromatic rings. The highest BCUT2D eigenvalue weighted by atomic mass is 32.1. The summed E-state index contributed by atoms with van der Waals surface area (Å²) in [4.78, 5) is 0. The lowest BCUT2D eigenvalue weighted by Crippen LogP contribution is -1.89. The monoisotopic (exact) mass is 1810 g/mol. The van der Waals surface area contributed by atoms with Crippen LogP contribution in [0.4, 0.5) is 0 Å². The zero-order valence-electron chi connectivity index (χ0n) is 76.9. The van der Waals surface area contributed by atoms with E-state index < -0.39 is 0 Å². The first kappa shape index (κ1) is 82.4. The van der Waals surface area contributed by atoms with Gasteiger partial charge in [0.25, 0.3) is 0 Å². The van der Waals surface area contributed by atoms with E-state index in [0.29, 0.717) is 0 Å². The van der Waals surface area contributed by atoms with Gasteiger partial charge < -0.3 is 8.83 Å². The van der Waals surface area contributed by atoms with Crippen molar-refractivity contribution in [2.45, 2.75) is 0 Å². The highest BCUT2D eigenvalue weighted by molar-refractivity contribution is 7.26. The normalized spacial score (nSPS) is 11.7. The zero-order valence-corrected chi connectivity index (χ0v) is 77.7. The maximum atomic E-state index is 6.52. The second kappa shape index (κ2) is 34.6. The van der Waals surface area contributed by atoms with Crippen LogP contribution < -0.4 is 0 Å². The SMILES string of the molecule is c1ccc(-c2cc(-c3ccc4c5ccccc5c5cc(-c6ccccc6)ccc5c4c3)cc(-c3cccc4c3oc3ccccc34)c2)cc1.c1ccc(-c2cc(-c3ccc4c5ccccc5c5cc(-c6ccccc6)ccc5c4c3)cc(-c3cccc4c3sc3ccccc34)c2)cc1.c1ccc(-c2ccc3c(c2)c2ccccc2c2ccc(-c4cccc(-c5cccc6c5oc5ccccc56)c4)cc23)cc1. The van der Waals surface area contributed by atoms with Gasteiger partial charge in [0.05, 0.1) is 0 Å². The smallest absolute Gasteiger partial charge is 0.143 e. The minimum absolute atomic E-state index is 0.911. The minimum atomic E-state index is 0.911. The van der Waals surface area contributed by atoms with Crippen molar-refractivity contribution in [1.29, 1.82) is 0 Å². The Morgan fingerprint density at radius 2 is 0.333 bits per heavy atom. The standard InChI is InChI=1S/C48H30O.C48H30S.C42H26O/c2*1-3-12-31(13-4-1)33-22-25-42-45(29-33)40-17-8-7-16-39(40)41-24-23-34(30-46(41)42)36-26-35(32-14-5-2-6-15-32)27-37(28-36)38-19-11-20-44-43-18-9-10-21-47(43)49-48(38)44;1-2-10-27(11-3-1)29-20-23-36-39(25-29)34-15-5-4-14-33(34)35-22-21-30(26-40(35)36)28-12-8-13-31(24-28)32-17-9-18-38-37-16-6-7-19-41(37)43-42(32)38/h2*1-30H;1-26H. The average Bonchev–Trinajstić information content (AvgIpc) is 1.58. The molecule has 141 heavy (non-hydrogen) atoms. The second-order valence-electron chi connectivity index (χ2n) is 37.0. The van der Waals surface area contributed by atoms with E-state index in [1.54, 1.807) is 0 Å². The summed E-state index contributed by atoms with van der Waals surface area (Å²) in [6, 6.07) is 190. The largest absolute Gasteiger partial charge is 0.455 e. The number of thiophene rings is 1. The second-order valence-corrected chi connectivity index (χ2v) is 38.1. The molecule has 0 saturated carbocycles. The van der Waals surface area contributed by atoms with E-state index in [4.69, 9.17) is 8.83 Å². The Hall–Kier alpha value is -18.1. The number of benzene rings is 26. The van der Waals surface area contributed by atoms with Gasteiger partial charge in [-0.25, -0.2) is 0 Å². The van der Waals surface area contributed by atoms with Gasteiger partial charge in [-0.1, -0.05) is 425 Å². The Kier molecular flexibility index (Phi) is 20.2. The molecule has 0 spiro atoms. The molecule has 0 atom stereocenters. The van der Waals surface area contributed by atoms with E-state index in [1.165, 1.54) is 217 Å². The Labute approximate surface area is 819 Å². The van der Waals surface area contributed by atoms with Crippen molar-refractivity contribution in [1.82, 2.24) is 0 Å². The summed E-state index contributed by atoms with van der Waals surface area (Å²) in [7, 11) is 0. The number of fused-ring (bicyclic) bond motifs is 27. The molecule has 0 radical (unpaired) electrons. The highest BCUT2D eigenvalue weighted by Gasteiger charge is 2.23. The summed E-state index contributed by atoms with van der Waals surface area (Å²) in [5, 5.41) is 30.3. The maximum Gasteiger partial charge on any atom is 0.143 e. The number of furan rings is 2. The first-order valence-corrected chi connectivity index (χ1v) is 49.3. The third kappa shape index (κ3) is 14.6. The lowest BCUT2D eigenvalue weighted by atomic mass is 9.89. The van der Waals surface area contributed by atoms with Gasteiger partial charge in [-0.3, -0.25) is 0 Å². The van der Waals surface area contributed by atoms with E-state index in [9.17, 15) is 0 Å². The Morgan fingerprint density at radius 3 is 0.716 bits per heavy atom. The van der Waals surface area contributed by atoms with E-state index >= 15 is 0 Å². The fourth-order valence-corrected chi connectivity index (χ4v) is 23.4. The van der Waals surface area contributed by atoms with Crippen LogP contribution in [0.2, 0.25) is 0 Å². The first-order valence-electron chi connectivity index (χ1n) is 48.4. The molecule has 0 saturated heterocycles. The summed E-state index contributed by atoms with van der Waals surface area (Å²) >= 11 is 1.89. The van der Waals surface area contributed by atoms with E-state index in [1.807, 2.05) is 29.5 Å². The van der Waals surface area contributed by atoms with Gasteiger partial charge >= 0.3 is 0 Å². The molecule has 3 heteroatoms. The topological polar surface area (TPSA) is 26.3 Å². The summed E-state index contributed by atoms with van der Waals surface area (Å²) in [6.45, 7) is 0. The molecule has 0 N–H and O–H groups in total. The number of para-hydroxylation sites is 4. The van der Waals surface area contributed by atoms with Crippen molar-refractivity contribution in [2.75, 3.05) is 0 Å². The summed E-state index contributed by atoms with van der Waals surface area (Å²) < 4.78 is 15.6. The van der Waals surface area contributed by atoms with Gasteiger partial charge in [0, 0.05) is 52.8 Å². The lowest BCUT2D eigenvalue weighted by molar-refractivity contribution is 0.669. The molecule has 3 heterocycles. The van der Waals surface area contributed by atoms with Crippen LogP contribution >= 0.6 is 11.3 Å². The third-order valence-corrected chi connectivity index (χ3v) is 30.1. The molecule has 0 fully saturated rings. The van der Waals surface area contributed by atoms with Gasteiger partial charge in [0.2, 0.25) is 0 Å². The first-order chi connectivity index (χ1) is 69.9. The summed E-state index contributed by atoms with van der Waals surface area (Å²) in [5.41, 5.74) is 30.1. The van der Waals surface area contributed by atoms with Crippen LogP contribution in [0, 0.1) is 0 Å². The highest BCUT2D eigenvalue weighted by Crippen LogP contribution is 2.49. The molecule has 0 aliphatic rings. The quantitative estimate of drug-likeness (QED) is 0.121. The molecular weight excluding hydrogens is 1720 g/mol. The third-order valence-electron chi connectivity index (χ3n) is 28.9. The van der Waals surface area contributed by atoms with Crippen molar-refractivity contribution in [2.24, 2.45) is 0 Å². The van der Waals surface area contributed by atoms with Crippen LogP contribution in [0.3, 0.4) is 0 Å².